The SMILES string of the molecule is Cc1ccc(/C(O)=C2/C(=O)C(=O)N(c3ccc(C(C)C)cc3)C2c2ccccc2)cc1C. The monoisotopic (exact) mass is 425 g/mol. The lowest BCUT2D eigenvalue weighted by molar-refractivity contribution is -0.132. The molecule has 1 saturated heterocycles. The number of aliphatic hydroxyl groups excluding tert-OH is 1. The van der Waals surface area contributed by atoms with E-state index in [2.05, 4.69) is 13.8 Å². The van der Waals surface area contributed by atoms with Crippen LogP contribution in [0.1, 0.15) is 53.6 Å². The second kappa shape index (κ2) is 8.46. The number of hydrogen-bond donors (Lipinski definition) is 1. The van der Waals surface area contributed by atoms with Crippen molar-refractivity contribution in [3.63, 3.8) is 0 Å². The molecule has 0 aliphatic carbocycles. The van der Waals surface area contributed by atoms with Gasteiger partial charge in [0.05, 0.1) is 11.6 Å². The highest BCUT2D eigenvalue weighted by atomic mass is 16.3. The van der Waals surface area contributed by atoms with Crippen LogP contribution >= 0.6 is 0 Å². The number of hydrogen-bond acceptors (Lipinski definition) is 3. The summed E-state index contributed by atoms with van der Waals surface area (Å²) >= 11 is 0. The zero-order valence-corrected chi connectivity index (χ0v) is 18.8. The van der Waals surface area contributed by atoms with Crippen LogP contribution in [-0.2, 0) is 9.59 Å². The van der Waals surface area contributed by atoms with Crippen LogP contribution < -0.4 is 4.90 Å². The second-order valence-corrected chi connectivity index (χ2v) is 8.63. The Morgan fingerprint density at radius 3 is 2.12 bits per heavy atom. The summed E-state index contributed by atoms with van der Waals surface area (Å²) in [6.07, 6.45) is 0. The molecule has 1 fully saturated rings. The number of ketones is 1. The molecule has 4 heteroatoms. The predicted octanol–water partition coefficient (Wildman–Crippen LogP) is 6.05. The molecule has 1 unspecified atom stereocenters. The van der Waals surface area contributed by atoms with Gasteiger partial charge in [-0.1, -0.05) is 68.4 Å². The van der Waals surface area contributed by atoms with E-state index in [-0.39, 0.29) is 11.3 Å². The quantitative estimate of drug-likeness (QED) is 0.314. The Kier molecular flexibility index (Phi) is 5.70. The van der Waals surface area contributed by atoms with Crippen LogP contribution in [-0.4, -0.2) is 16.8 Å². The molecule has 1 aliphatic heterocycles. The van der Waals surface area contributed by atoms with E-state index in [1.165, 1.54) is 4.90 Å². The van der Waals surface area contributed by atoms with Crippen molar-refractivity contribution in [2.75, 3.05) is 4.90 Å². The average Bonchev–Trinajstić information content (AvgIpc) is 3.06. The summed E-state index contributed by atoms with van der Waals surface area (Å²) in [7, 11) is 0. The van der Waals surface area contributed by atoms with Crippen LogP contribution in [0.4, 0.5) is 5.69 Å². The maximum atomic E-state index is 13.2. The van der Waals surface area contributed by atoms with E-state index >= 15 is 0 Å². The van der Waals surface area contributed by atoms with Gasteiger partial charge in [0.1, 0.15) is 5.76 Å². The van der Waals surface area contributed by atoms with Crippen molar-refractivity contribution in [3.8, 4) is 0 Å². The molecular formula is C28H27NO3. The Morgan fingerprint density at radius 1 is 0.875 bits per heavy atom. The highest BCUT2D eigenvalue weighted by Crippen LogP contribution is 2.42. The van der Waals surface area contributed by atoms with Crippen molar-refractivity contribution >= 4 is 23.1 Å². The second-order valence-electron chi connectivity index (χ2n) is 8.63. The fraction of sp³-hybridized carbons (Fsp3) is 0.214. The molecule has 4 nitrogen and oxygen atoms in total. The topological polar surface area (TPSA) is 57.6 Å². The van der Waals surface area contributed by atoms with Crippen LogP contribution in [0.25, 0.3) is 5.76 Å². The first-order valence-electron chi connectivity index (χ1n) is 10.8. The Hall–Kier alpha value is -3.66. The normalized spacial score (nSPS) is 17.9. The first-order chi connectivity index (χ1) is 15.3. The molecule has 0 bridgehead atoms. The van der Waals surface area contributed by atoms with Crippen molar-refractivity contribution in [1.82, 2.24) is 0 Å². The molecule has 1 aliphatic rings. The molecule has 1 N–H and O–H groups in total. The molecule has 32 heavy (non-hydrogen) atoms. The van der Waals surface area contributed by atoms with Gasteiger partial charge in [0.2, 0.25) is 0 Å². The van der Waals surface area contributed by atoms with Crippen LogP contribution in [0.15, 0.2) is 78.4 Å². The Labute approximate surface area is 188 Å². The number of nitrogens with zero attached hydrogens (tertiary/aromatic N) is 1. The molecule has 4 rings (SSSR count). The fourth-order valence-corrected chi connectivity index (χ4v) is 4.11. The van der Waals surface area contributed by atoms with Gasteiger partial charge >= 0.3 is 0 Å². The predicted molar refractivity (Wildman–Crippen MR) is 128 cm³/mol. The minimum atomic E-state index is -0.706. The molecule has 1 heterocycles. The van der Waals surface area contributed by atoms with E-state index in [0.29, 0.717) is 17.2 Å². The number of aliphatic hydroxyl groups is 1. The van der Waals surface area contributed by atoms with Crippen LogP contribution in [0.3, 0.4) is 0 Å². The fourth-order valence-electron chi connectivity index (χ4n) is 4.11. The highest BCUT2D eigenvalue weighted by Gasteiger charge is 2.46. The van der Waals surface area contributed by atoms with E-state index in [0.717, 1.165) is 22.3 Å². The summed E-state index contributed by atoms with van der Waals surface area (Å²) in [5.74, 6) is -1.11. The number of amides is 1. The standard InChI is InChI=1S/C28H27NO3/c1-17(2)20-12-14-23(15-13-20)29-25(21-8-6-5-7-9-21)24(27(31)28(29)32)26(30)22-11-10-18(3)19(4)16-22/h5-17,25,30H,1-4H3/b26-24-. The van der Waals surface area contributed by atoms with Gasteiger partial charge in [0, 0.05) is 11.3 Å². The van der Waals surface area contributed by atoms with Crippen LogP contribution in [0, 0.1) is 13.8 Å². The molecular weight excluding hydrogens is 398 g/mol. The minimum absolute atomic E-state index is 0.109. The lowest BCUT2D eigenvalue weighted by Crippen LogP contribution is -2.29. The van der Waals surface area contributed by atoms with E-state index in [1.807, 2.05) is 80.6 Å². The van der Waals surface area contributed by atoms with E-state index in [4.69, 9.17) is 0 Å². The van der Waals surface area contributed by atoms with Crippen LogP contribution in [0.2, 0.25) is 0 Å². The Bertz CT molecular complexity index is 1210. The van der Waals surface area contributed by atoms with Gasteiger partial charge in [-0.3, -0.25) is 14.5 Å². The molecule has 1 atom stereocenters. The molecule has 0 spiro atoms. The van der Waals surface area contributed by atoms with Gasteiger partial charge in [-0.15, -0.1) is 0 Å². The van der Waals surface area contributed by atoms with Gasteiger partial charge in [0.15, 0.2) is 0 Å². The summed E-state index contributed by atoms with van der Waals surface area (Å²) in [6.45, 7) is 8.15. The molecule has 1 amide bonds. The number of carbonyl (C=O) groups is 2. The van der Waals surface area contributed by atoms with E-state index in [9.17, 15) is 14.7 Å². The van der Waals surface area contributed by atoms with Gasteiger partial charge in [-0.25, -0.2) is 0 Å². The van der Waals surface area contributed by atoms with Crippen molar-refractivity contribution in [3.05, 3.63) is 106 Å². The third-order valence-corrected chi connectivity index (χ3v) is 6.18. The van der Waals surface area contributed by atoms with Crippen LogP contribution in [0.5, 0.6) is 0 Å². The zero-order valence-electron chi connectivity index (χ0n) is 18.8. The number of carbonyl (C=O) groups excluding carboxylic acids is 2. The largest absolute Gasteiger partial charge is 0.507 e. The van der Waals surface area contributed by atoms with Gasteiger partial charge in [-0.2, -0.15) is 0 Å². The molecule has 3 aromatic rings. The summed E-state index contributed by atoms with van der Waals surface area (Å²) < 4.78 is 0. The number of anilines is 1. The lowest BCUT2D eigenvalue weighted by Gasteiger charge is -2.26. The van der Waals surface area contributed by atoms with Crippen molar-refractivity contribution in [2.45, 2.75) is 39.7 Å². The minimum Gasteiger partial charge on any atom is -0.507 e. The van der Waals surface area contributed by atoms with Gasteiger partial charge in [-0.05, 0) is 60.2 Å². The number of Topliss-reactive ketones (excluding diaryl/α,β-unsaturated/α-hetero) is 1. The van der Waals surface area contributed by atoms with Gasteiger partial charge in [0.25, 0.3) is 11.7 Å². The van der Waals surface area contributed by atoms with Crippen molar-refractivity contribution in [1.29, 1.82) is 0 Å². The maximum absolute atomic E-state index is 13.2. The zero-order chi connectivity index (χ0) is 23.0. The summed E-state index contributed by atoms with van der Waals surface area (Å²) in [6, 6.07) is 21.9. The first-order valence-corrected chi connectivity index (χ1v) is 10.8. The first kappa shape index (κ1) is 21.6. The summed E-state index contributed by atoms with van der Waals surface area (Å²) in [4.78, 5) is 27.9. The molecule has 0 radical (unpaired) electrons. The third kappa shape index (κ3) is 3.73. The van der Waals surface area contributed by atoms with Gasteiger partial charge < -0.3 is 5.11 Å². The van der Waals surface area contributed by atoms with E-state index in [1.54, 1.807) is 6.07 Å². The molecule has 0 aromatic heterocycles. The number of aryl methyl sites for hydroxylation is 2. The molecule has 0 saturated carbocycles. The molecule has 3 aromatic carbocycles. The smallest absolute Gasteiger partial charge is 0.300 e. The average molecular weight is 426 g/mol. The maximum Gasteiger partial charge on any atom is 0.300 e. The summed E-state index contributed by atoms with van der Waals surface area (Å²) in [5.41, 5.74) is 5.28. The van der Waals surface area contributed by atoms with Crippen molar-refractivity contribution in [2.24, 2.45) is 0 Å². The lowest BCUT2D eigenvalue weighted by atomic mass is 9.94. The number of rotatable bonds is 4. The number of benzene rings is 3. The Balaban J connectivity index is 1.90. The summed E-state index contributed by atoms with van der Waals surface area (Å²) in [5, 5.41) is 11.2. The van der Waals surface area contributed by atoms with E-state index < -0.39 is 17.7 Å². The van der Waals surface area contributed by atoms with Crippen molar-refractivity contribution < 1.29 is 14.7 Å². The third-order valence-electron chi connectivity index (χ3n) is 6.18. The Morgan fingerprint density at radius 2 is 1.53 bits per heavy atom. The molecule has 162 valence electrons. The highest BCUT2D eigenvalue weighted by molar-refractivity contribution is 6.51.